The number of fused-ring (bicyclic) bond motifs is 1. The molecule has 0 bridgehead atoms. The van der Waals surface area contributed by atoms with Gasteiger partial charge in [-0.1, -0.05) is 57.9 Å². The first-order chi connectivity index (χ1) is 19.8. The molecule has 0 atom stereocenters. The quantitative estimate of drug-likeness (QED) is 0.0814. The summed E-state index contributed by atoms with van der Waals surface area (Å²) in [7, 11) is 0. The van der Waals surface area contributed by atoms with Gasteiger partial charge in [-0.15, -0.1) is 11.3 Å². The van der Waals surface area contributed by atoms with Crippen LogP contribution < -0.4 is 15.5 Å². The third-order valence-corrected chi connectivity index (χ3v) is 8.10. The molecule has 2 amide bonds. The minimum absolute atomic E-state index is 0.286. The molecule has 7 nitrogen and oxygen atoms in total. The third-order valence-electron chi connectivity index (χ3n) is 5.95. The van der Waals surface area contributed by atoms with E-state index in [1.54, 1.807) is 66.7 Å². The average Bonchev–Trinajstić information content (AvgIpc) is 3.30. The molecule has 0 fully saturated rings. The van der Waals surface area contributed by atoms with Crippen LogP contribution in [0, 0.1) is 6.92 Å². The summed E-state index contributed by atoms with van der Waals surface area (Å²) in [5.74, 6) is -1.01. The van der Waals surface area contributed by atoms with E-state index >= 15 is 0 Å². The number of halogens is 2. The van der Waals surface area contributed by atoms with Gasteiger partial charge in [-0.05, 0) is 73.2 Å². The maximum Gasteiger partial charge on any atom is 0.343 e. The summed E-state index contributed by atoms with van der Waals surface area (Å²) in [5, 5.41) is 8.11. The number of amides is 2. The van der Waals surface area contributed by atoms with E-state index in [4.69, 9.17) is 16.3 Å². The van der Waals surface area contributed by atoms with Gasteiger partial charge in [0.05, 0.1) is 16.8 Å². The van der Waals surface area contributed by atoms with Crippen LogP contribution in [-0.2, 0) is 0 Å². The molecule has 41 heavy (non-hydrogen) atoms. The minimum Gasteiger partial charge on any atom is -0.422 e. The average molecular weight is 647 g/mol. The van der Waals surface area contributed by atoms with Crippen LogP contribution in [0.2, 0.25) is 5.02 Å². The van der Waals surface area contributed by atoms with E-state index in [-0.39, 0.29) is 11.7 Å². The van der Waals surface area contributed by atoms with Gasteiger partial charge >= 0.3 is 5.97 Å². The first-order valence-electron chi connectivity index (χ1n) is 12.3. The summed E-state index contributed by atoms with van der Waals surface area (Å²) < 4.78 is 7.22. The van der Waals surface area contributed by atoms with Crippen molar-refractivity contribution >= 4 is 78.6 Å². The zero-order valence-electron chi connectivity index (χ0n) is 21.5. The molecule has 4 aromatic carbocycles. The standard InChI is InChI=1S/C31H21BrClN3O4S/c1-18-7-13-24-26(15-18)41-28(27(24)33)30(38)35-23-11-8-19(9-12-23)29(37)36-34-17-21-16-22(32)10-14-25(21)40-31(39)20-5-3-2-4-6-20/h2-17H,1H3,(H,35,38)(H,36,37)/b34-17-. The van der Waals surface area contributed by atoms with Crippen LogP contribution in [0.1, 0.15) is 41.5 Å². The number of anilines is 1. The lowest BCUT2D eigenvalue weighted by atomic mass is 10.2. The number of hydrogen-bond donors (Lipinski definition) is 2. The Morgan fingerprint density at radius 3 is 2.41 bits per heavy atom. The number of nitrogens with one attached hydrogen (secondary N) is 2. The van der Waals surface area contributed by atoms with Gasteiger partial charge in [-0.25, -0.2) is 10.2 Å². The maximum absolute atomic E-state index is 12.9. The van der Waals surface area contributed by atoms with Crippen molar-refractivity contribution in [2.45, 2.75) is 6.92 Å². The van der Waals surface area contributed by atoms with Crippen LogP contribution >= 0.6 is 38.9 Å². The van der Waals surface area contributed by atoms with Crippen molar-refractivity contribution in [2.75, 3.05) is 5.32 Å². The second kappa shape index (κ2) is 12.5. The Morgan fingerprint density at radius 2 is 1.66 bits per heavy atom. The number of ether oxygens (including phenoxy) is 1. The fourth-order valence-electron chi connectivity index (χ4n) is 3.88. The number of benzene rings is 4. The van der Waals surface area contributed by atoms with E-state index in [9.17, 15) is 14.4 Å². The monoisotopic (exact) mass is 645 g/mol. The van der Waals surface area contributed by atoms with Crippen molar-refractivity contribution < 1.29 is 19.1 Å². The predicted molar refractivity (Wildman–Crippen MR) is 167 cm³/mol. The normalized spacial score (nSPS) is 11.0. The fraction of sp³-hybridized carbons (Fsp3) is 0.0323. The molecule has 1 heterocycles. The molecule has 0 spiro atoms. The number of rotatable bonds is 7. The molecule has 0 aliphatic carbocycles. The Hall–Kier alpha value is -4.31. The van der Waals surface area contributed by atoms with E-state index in [1.807, 2.05) is 31.2 Å². The fourth-order valence-corrected chi connectivity index (χ4v) is 5.77. The molecule has 0 aliphatic rings. The Kier molecular flexibility index (Phi) is 8.58. The molecular weight excluding hydrogens is 626 g/mol. The Balaban J connectivity index is 1.22. The molecule has 0 saturated heterocycles. The SMILES string of the molecule is Cc1ccc2c(Cl)c(C(=O)Nc3ccc(C(=O)N/N=C\c4cc(Br)ccc4OC(=O)c4ccccc4)cc3)sc2c1. The Morgan fingerprint density at radius 1 is 0.902 bits per heavy atom. The van der Waals surface area contributed by atoms with Crippen LogP contribution in [0.4, 0.5) is 5.69 Å². The highest BCUT2D eigenvalue weighted by Crippen LogP contribution is 2.36. The van der Waals surface area contributed by atoms with Gasteiger partial charge in [0.25, 0.3) is 11.8 Å². The van der Waals surface area contributed by atoms with Gasteiger partial charge in [-0.3, -0.25) is 9.59 Å². The zero-order chi connectivity index (χ0) is 28.9. The molecule has 2 N–H and O–H groups in total. The number of aryl methyl sites for hydroxylation is 1. The smallest absolute Gasteiger partial charge is 0.343 e. The second-order valence-electron chi connectivity index (χ2n) is 8.91. The second-order valence-corrected chi connectivity index (χ2v) is 11.3. The van der Waals surface area contributed by atoms with E-state index in [1.165, 1.54) is 17.6 Å². The first kappa shape index (κ1) is 28.2. The van der Waals surface area contributed by atoms with Crippen molar-refractivity contribution in [2.24, 2.45) is 5.10 Å². The van der Waals surface area contributed by atoms with E-state index < -0.39 is 11.9 Å². The van der Waals surface area contributed by atoms with Crippen molar-refractivity contribution in [1.82, 2.24) is 5.43 Å². The summed E-state index contributed by atoms with van der Waals surface area (Å²) in [4.78, 5) is 38.4. The van der Waals surface area contributed by atoms with Gasteiger partial charge in [0, 0.05) is 31.4 Å². The maximum atomic E-state index is 12.9. The number of nitrogens with zero attached hydrogens (tertiary/aromatic N) is 1. The molecule has 5 rings (SSSR count). The minimum atomic E-state index is -0.511. The van der Waals surface area contributed by atoms with E-state index in [2.05, 4.69) is 31.8 Å². The van der Waals surface area contributed by atoms with Crippen molar-refractivity contribution in [1.29, 1.82) is 0 Å². The third kappa shape index (κ3) is 6.71. The lowest BCUT2D eigenvalue weighted by molar-refractivity contribution is 0.0733. The topological polar surface area (TPSA) is 96.9 Å². The zero-order valence-corrected chi connectivity index (χ0v) is 24.6. The summed E-state index contributed by atoms with van der Waals surface area (Å²) in [6, 6.07) is 25.9. The highest BCUT2D eigenvalue weighted by Gasteiger charge is 2.18. The number of hydrazone groups is 1. The van der Waals surface area contributed by atoms with E-state index in [0.717, 1.165) is 20.1 Å². The van der Waals surface area contributed by atoms with Gasteiger partial charge in [0.1, 0.15) is 10.6 Å². The molecule has 0 aliphatic heterocycles. The molecule has 10 heteroatoms. The largest absolute Gasteiger partial charge is 0.422 e. The Labute approximate surface area is 252 Å². The van der Waals surface area contributed by atoms with Gasteiger partial charge < -0.3 is 10.1 Å². The van der Waals surface area contributed by atoms with Crippen molar-refractivity contribution in [3.63, 3.8) is 0 Å². The van der Waals surface area contributed by atoms with Crippen LogP contribution in [-0.4, -0.2) is 24.0 Å². The number of carbonyl (C=O) groups excluding carboxylic acids is 3. The molecule has 5 aromatic rings. The van der Waals surface area contributed by atoms with E-state index in [0.29, 0.717) is 32.3 Å². The summed E-state index contributed by atoms with van der Waals surface area (Å²) in [6.07, 6.45) is 1.39. The lowest BCUT2D eigenvalue weighted by Gasteiger charge is -2.08. The van der Waals surface area contributed by atoms with Crippen molar-refractivity contribution in [3.8, 4) is 5.75 Å². The van der Waals surface area contributed by atoms with Gasteiger partial charge in [-0.2, -0.15) is 5.10 Å². The van der Waals surface area contributed by atoms with Crippen molar-refractivity contribution in [3.05, 3.63) is 128 Å². The lowest BCUT2D eigenvalue weighted by Crippen LogP contribution is -2.18. The van der Waals surface area contributed by atoms with Crippen LogP contribution in [0.3, 0.4) is 0 Å². The molecular formula is C31H21BrClN3O4S. The predicted octanol–water partition coefficient (Wildman–Crippen LogP) is 7.86. The molecule has 0 unspecified atom stereocenters. The summed E-state index contributed by atoms with van der Waals surface area (Å²) in [6.45, 7) is 1.98. The van der Waals surface area contributed by atoms with Gasteiger partial charge in [0.15, 0.2) is 0 Å². The number of hydrogen-bond acceptors (Lipinski definition) is 6. The number of thiophene rings is 1. The number of esters is 1. The molecule has 204 valence electrons. The number of carbonyl (C=O) groups is 3. The molecule has 1 aromatic heterocycles. The Bertz CT molecular complexity index is 1800. The van der Waals surface area contributed by atoms with Gasteiger partial charge in [0.2, 0.25) is 0 Å². The summed E-state index contributed by atoms with van der Waals surface area (Å²) >= 11 is 11.2. The van der Waals surface area contributed by atoms with Crippen LogP contribution in [0.5, 0.6) is 5.75 Å². The summed E-state index contributed by atoms with van der Waals surface area (Å²) in [5.41, 5.74) is 5.29. The highest BCUT2D eigenvalue weighted by molar-refractivity contribution is 9.10. The first-order valence-corrected chi connectivity index (χ1v) is 14.3. The highest BCUT2D eigenvalue weighted by atomic mass is 79.9. The van der Waals surface area contributed by atoms with Crippen LogP contribution in [0.25, 0.3) is 10.1 Å². The molecule has 0 radical (unpaired) electrons. The van der Waals surface area contributed by atoms with Crippen LogP contribution in [0.15, 0.2) is 101 Å². The molecule has 0 saturated carbocycles.